The number of rotatable bonds is 14. The molecule has 3 rings (SSSR count). The Morgan fingerprint density at radius 2 is 1.89 bits per heavy atom. The van der Waals surface area contributed by atoms with Gasteiger partial charge < -0.3 is 20.5 Å². The number of hydrogen-bond acceptors (Lipinski definition) is 8. The van der Waals surface area contributed by atoms with Gasteiger partial charge in [0.25, 0.3) is 0 Å². The first-order valence-electron chi connectivity index (χ1n) is 11.8. The molecule has 0 atom stereocenters. The van der Waals surface area contributed by atoms with Crippen LogP contribution in [0.15, 0.2) is 52.4 Å². The Hall–Kier alpha value is -2.99. The van der Waals surface area contributed by atoms with Crippen molar-refractivity contribution in [2.24, 2.45) is 4.99 Å². The smallest absolute Gasteiger partial charge is 0.413 e. The number of amidine groups is 1. The van der Waals surface area contributed by atoms with E-state index in [1.54, 1.807) is 6.07 Å². The molecule has 12 heteroatoms. The van der Waals surface area contributed by atoms with E-state index in [9.17, 15) is 23.1 Å². The van der Waals surface area contributed by atoms with Crippen molar-refractivity contribution in [3.63, 3.8) is 0 Å². The van der Waals surface area contributed by atoms with Crippen molar-refractivity contribution in [1.29, 1.82) is 0 Å². The summed E-state index contributed by atoms with van der Waals surface area (Å²) in [4.78, 5) is 29.0. The third kappa shape index (κ3) is 8.26. The second-order valence-electron chi connectivity index (χ2n) is 8.49. The van der Waals surface area contributed by atoms with E-state index in [1.165, 1.54) is 24.1 Å². The first-order chi connectivity index (χ1) is 17.7. The summed E-state index contributed by atoms with van der Waals surface area (Å²) in [7, 11) is -2.10. The fourth-order valence-corrected chi connectivity index (χ4v) is 5.53. The molecule has 1 aliphatic heterocycles. The van der Waals surface area contributed by atoms with Crippen LogP contribution in [-0.2, 0) is 21.2 Å². The van der Waals surface area contributed by atoms with Gasteiger partial charge in [-0.25, -0.2) is 13.2 Å². The number of ketones is 1. The second-order valence-corrected chi connectivity index (χ2v) is 10.9. The lowest BCUT2D eigenvalue weighted by atomic mass is 10.1. The van der Waals surface area contributed by atoms with E-state index in [4.69, 9.17) is 16.3 Å². The van der Waals surface area contributed by atoms with Crippen LogP contribution in [0.5, 0.6) is 5.75 Å². The lowest BCUT2D eigenvalue weighted by molar-refractivity contribution is -0.118. The maximum atomic E-state index is 12.5. The maximum absolute atomic E-state index is 12.5. The highest BCUT2D eigenvalue weighted by atomic mass is 35.5. The molecule has 1 aliphatic rings. The van der Waals surface area contributed by atoms with Gasteiger partial charge in [0.15, 0.2) is 9.84 Å². The van der Waals surface area contributed by atoms with Crippen molar-refractivity contribution in [2.45, 2.75) is 30.7 Å². The van der Waals surface area contributed by atoms with E-state index in [1.807, 2.05) is 24.3 Å². The van der Waals surface area contributed by atoms with E-state index < -0.39 is 15.9 Å². The van der Waals surface area contributed by atoms with E-state index >= 15 is 0 Å². The molecule has 0 saturated carbocycles. The van der Waals surface area contributed by atoms with Crippen molar-refractivity contribution >= 4 is 39.2 Å². The van der Waals surface area contributed by atoms with Crippen LogP contribution in [0.3, 0.4) is 0 Å². The normalized spacial score (nSPS) is 13.5. The van der Waals surface area contributed by atoms with Crippen LogP contribution in [0.1, 0.15) is 30.4 Å². The molecule has 0 saturated heterocycles. The van der Waals surface area contributed by atoms with Crippen molar-refractivity contribution in [3.05, 3.63) is 58.6 Å². The largest absolute Gasteiger partial charge is 0.497 e. The van der Waals surface area contributed by atoms with Crippen LogP contribution >= 0.6 is 11.6 Å². The third-order valence-corrected chi connectivity index (χ3v) is 7.80. The highest BCUT2D eigenvalue weighted by molar-refractivity contribution is 7.91. The zero-order chi connectivity index (χ0) is 26.8. The number of carbonyl (C=O) groups excluding carboxylic acids is 1. The Kier molecular flexibility index (Phi) is 10.4. The summed E-state index contributed by atoms with van der Waals surface area (Å²) in [5, 5.41) is 15.4. The number of nitrogens with zero attached hydrogens (tertiary/aromatic N) is 2. The van der Waals surface area contributed by atoms with Gasteiger partial charge in [-0.1, -0.05) is 35.9 Å². The van der Waals surface area contributed by atoms with Crippen LogP contribution in [0.25, 0.3) is 0 Å². The van der Waals surface area contributed by atoms with E-state index in [0.29, 0.717) is 57.0 Å². The first-order valence-corrected chi connectivity index (χ1v) is 13.9. The van der Waals surface area contributed by atoms with Crippen LogP contribution in [0, 0.1) is 0 Å². The van der Waals surface area contributed by atoms with Gasteiger partial charge in [0.2, 0.25) is 0 Å². The number of nitrogens with one attached hydrogen (secondary N) is 2. The summed E-state index contributed by atoms with van der Waals surface area (Å²) in [5.74, 6) is 0.776. The van der Waals surface area contributed by atoms with Crippen LogP contribution in [0.4, 0.5) is 4.79 Å². The molecule has 0 unspecified atom stereocenters. The summed E-state index contributed by atoms with van der Waals surface area (Å²) in [6, 6.07) is 11.9. The van der Waals surface area contributed by atoms with Crippen LogP contribution in [0.2, 0.25) is 5.02 Å². The highest BCUT2D eigenvalue weighted by Gasteiger charge is 2.24. The molecular weight excluding hydrogens is 520 g/mol. The van der Waals surface area contributed by atoms with Crippen molar-refractivity contribution in [2.75, 3.05) is 39.2 Å². The van der Waals surface area contributed by atoms with Crippen LogP contribution < -0.4 is 15.4 Å². The van der Waals surface area contributed by atoms with Crippen molar-refractivity contribution < 1.29 is 27.9 Å². The summed E-state index contributed by atoms with van der Waals surface area (Å²) < 4.78 is 30.0. The minimum atomic E-state index is -3.58. The minimum Gasteiger partial charge on any atom is -0.497 e. The molecular formula is C25H31ClN4O6S. The molecule has 2 aromatic rings. The van der Waals surface area contributed by atoms with Gasteiger partial charge >= 0.3 is 6.09 Å². The van der Waals surface area contributed by atoms with Gasteiger partial charge in [-0.05, 0) is 37.1 Å². The molecule has 0 aliphatic carbocycles. The SMILES string of the molecule is COc1ccc(S(=O)(=O)CNCCCCC(=O)CNCc2ccc(C3=NCCN3C(=O)O)cc2)c(Cl)c1. The number of halogens is 1. The Morgan fingerprint density at radius 1 is 1.14 bits per heavy atom. The third-order valence-electron chi connectivity index (χ3n) is 5.76. The fourth-order valence-electron chi connectivity index (χ4n) is 3.80. The molecule has 0 radical (unpaired) electrons. The number of hydrogen-bond donors (Lipinski definition) is 3. The van der Waals surface area contributed by atoms with Gasteiger partial charge in [0.05, 0.1) is 36.7 Å². The van der Waals surface area contributed by atoms with Crippen molar-refractivity contribution in [1.82, 2.24) is 15.5 Å². The quantitative estimate of drug-likeness (QED) is 0.305. The molecule has 10 nitrogen and oxygen atoms in total. The number of carboxylic acid groups (broad SMARTS) is 1. The molecule has 0 bridgehead atoms. The molecule has 0 fully saturated rings. The van der Waals surface area contributed by atoms with Gasteiger partial charge in [0, 0.05) is 24.6 Å². The van der Waals surface area contributed by atoms with Gasteiger partial charge in [-0.2, -0.15) is 0 Å². The van der Waals surface area contributed by atoms with E-state index in [-0.39, 0.29) is 28.1 Å². The van der Waals surface area contributed by atoms with E-state index in [0.717, 1.165) is 11.1 Å². The summed E-state index contributed by atoms with van der Waals surface area (Å²) in [5.41, 5.74) is 1.72. The Balaban J connectivity index is 1.30. The average Bonchev–Trinajstić information content (AvgIpc) is 3.37. The summed E-state index contributed by atoms with van der Waals surface area (Å²) in [6.45, 7) is 2.03. The number of methoxy groups -OCH3 is 1. The zero-order valence-electron chi connectivity index (χ0n) is 20.6. The molecule has 37 heavy (non-hydrogen) atoms. The van der Waals surface area contributed by atoms with Crippen molar-refractivity contribution in [3.8, 4) is 5.75 Å². The highest BCUT2D eigenvalue weighted by Crippen LogP contribution is 2.26. The minimum absolute atomic E-state index is 0.0490. The lowest BCUT2D eigenvalue weighted by Gasteiger charge is -2.14. The summed E-state index contributed by atoms with van der Waals surface area (Å²) >= 11 is 6.06. The number of ether oxygens (including phenoxy) is 1. The molecule has 2 aromatic carbocycles. The Bertz CT molecular complexity index is 1230. The molecule has 0 aromatic heterocycles. The first kappa shape index (κ1) is 28.6. The standard InChI is InChI=1S/C25H31ClN4O6S/c1-36-21-9-10-23(22(26)14-21)37(34,35)17-27-11-3-2-4-20(31)16-28-15-18-5-7-19(8-6-18)24-29-12-13-30(24)25(32)33/h5-10,14,27-28H,2-4,11-13,15-17H2,1H3,(H,32,33). The fraction of sp³-hybridized carbons (Fsp3) is 0.400. The second kappa shape index (κ2) is 13.5. The predicted molar refractivity (Wildman–Crippen MR) is 141 cm³/mol. The topological polar surface area (TPSA) is 137 Å². The van der Waals surface area contributed by atoms with E-state index in [2.05, 4.69) is 15.6 Å². The number of amides is 1. The molecule has 1 amide bonds. The Labute approximate surface area is 221 Å². The van der Waals surface area contributed by atoms with Gasteiger partial charge in [-0.15, -0.1) is 0 Å². The van der Waals surface area contributed by atoms with Crippen LogP contribution in [-0.4, -0.2) is 75.3 Å². The number of benzene rings is 2. The van der Waals surface area contributed by atoms with Gasteiger partial charge in [-0.3, -0.25) is 14.7 Å². The summed E-state index contributed by atoms with van der Waals surface area (Å²) in [6.07, 6.45) is 0.694. The zero-order valence-corrected chi connectivity index (χ0v) is 22.1. The molecule has 1 heterocycles. The molecule has 200 valence electrons. The number of Topliss-reactive ketones (excluding diaryl/α,β-unsaturated/α-hetero) is 1. The Morgan fingerprint density at radius 3 is 2.57 bits per heavy atom. The monoisotopic (exact) mass is 550 g/mol. The predicted octanol–water partition coefficient (Wildman–Crippen LogP) is 2.94. The average molecular weight is 551 g/mol. The number of unbranched alkanes of at least 4 members (excludes halogenated alkanes) is 1. The lowest BCUT2D eigenvalue weighted by Crippen LogP contribution is -2.33. The number of sulfone groups is 1. The van der Waals surface area contributed by atoms with Gasteiger partial charge in [0.1, 0.15) is 23.2 Å². The molecule has 0 spiro atoms. The maximum Gasteiger partial charge on any atom is 0.413 e. The molecule has 3 N–H and O–H groups in total. The number of aliphatic imine (C=N–C) groups is 1. The number of carbonyl (C=O) groups is 2.